The fraction of sp³-hybridized carbons (Fsp3) is 0.500. The number of rotatable bonds is 7. The topological polar surface area (TPSA) is 46.4 Å². The van der Waals surface area contributed by atoms with Crippen molar-refractivity contribution in [3.63, 3.8) is 0 Å². The fourth-order valence-electron chi connectivity index (χ4n) is 4.66. The number of aryl methyl sites for hydroxylation is 1. The predicted octanol–water partition coefficient (Wildman–Crippen LogP) is 1.86. The molecule has 0 spiro atoms. The first-order valence-electron chi connectivity index (χ1n) is 10.8. The van der Waals surface area contributed by atoms with Gasteiger partial charge < -0.3 is 24.4 Å². The Morgan fingerprint density at radius 1 is 1.10 bits per heavy atom. The van der Waals surface area contributed by atoms with Gasteiger partial charge in [-0.2, -0.15) is 0 Å². The molecule has 156 valence electrons. The van der Waals surface area contributed by atoms with Crippen LogP contribution in [0.2, 0.25) is 0 Å². The van der Waals surface area contributed by atoms with Crippen LogP contribution in [-0.4, -0.2) is 57.7 Å². The van der Waals surface area contributed by atoms with E-state index >= 15 is 0 Å². The summed E-state index contributed by atoms with van der Waals surface area (Å²) in [7, 11) is 1.72. The lowest BCUT2D eigenvalue weighted by Crippen LogP contribution is -3.16. The van der Waals surface area contributed by atoms with Crippen molar-refractivity contribution in [1.82, 2.24) is 0 Å². The summed E-state index contributed by atoms with van der Waals surface area (Å²) in [6.45, 7) is 5.13. The largest absolute Gasteiger partial charge is 0.495 e. The Morgan fingerprint density at radius 2 is 1.86 bits per heavy atom. The Balaban J connectivity index is 1.24. The van der Waals surface area contributed by atoms with Crippen molar-refractivity contribution < 1.29 is 19.5 Å². The Hall–Kier alpha value is -2.08. The lowest BCUT2D eigenvalue weighted by atomic mass is 9.89. The Kier molecular flexibility index (Phi) is 6.70. The normalized spacial score (nSPS) is 20.9. The molecule has 2 atom stereocenters. The third-order valence-electron chi connectivity index (χ3n) is 6.22. The molecule has 5 nitrogen and oxygen atoms in total. The zero-order chi connectivity index (χ0) is 20.1. The van der Waals surface area contributed by atoms with Gasteiger partial charge in [-0.3, -0.25) is 0 Å². The molecule has 2 aromatic carbocycles. The monoisotopic (exact) mass is 397 g/mol. The maximum atomic E-state index is 10.6. The van der Waals surface area contributed by atoms with Crippen molar-refractivity contribution in [3.8, 4) is 5.75 Å². The van der Waals surface area contributed by atoms with E-state index in [4.69, 9.17) is 9.47 Å². The highest BCUT2D eigenvalue weighted by Crippen LogP contribution is 2.32. The van der Waals surface area contributed by atoms with Crippen LogP contribution in [0, 0.1) is 0 Å². The van der Waals surface area contributed by atoms with Gasteiger partial charge >= 0.3 is 0 Å². The molecule has 5 heteroatoms. The molecule has 0 bridgehead atoms. The number of benzene rings is 2. The van der Waals surface area contributed by atoms with E-state index in [1.807, 2.05) is 12.1 Å². The zero-order valence-corrected chi connectivity index (χ0v) is 17.3. The van der Waals surface area contributed by atoms with E-state index in [-0.39, 0.29) is 6.10 Å². The van der Waals surface area contributed by atoms with Gasteiger partial charge in [-0.1, -0.05) is 36.4 Å². The SMILES string of the molecule is COc1ccccc1N1CC[NH+](C[C@H](O)CO[C@@H]2CCCc3ccccc32)CC1. The highest BCUT2D eigenvalue weighted by atomic mass is 16.5. The molecule has 0 aromatic heterocycles. The lowest BCUT2D eigenvalue weighted by Gasteiger charge is -2.35. The summed E-state index contributed by atoms with van der Waals surface area (Å²) in [5.74, 6) is 0.928. The highest BCUT2D eigenvalue weighted by Gasteiger charge is 2.26. The second-order valence-corrected chi connectivity index (χ2v) is 8.18. The van der Waals surface area contributed by atoms with Gasteiger partial charge in [-0.25, -0.2) is 0 Å². The molecule has 1 fully saturated rings. The first kappa shape index (κ1) is 20.2. The number of nitrogens with zero attached hydrogens (tertiary/aromatic N) is 1. The lowest BCUT2D eigenvalue weighted by molar-refractivity contribution is -0.903. The zero-order valence-electron chi connectivity index (χ0n) is 17.3. The van der Waals surface area contributed by atoms with Crippen molar-refractivity contribution in [2.75, 3.05) is 51.3 Å². The Morgan fingerprint density at radius 3 is 2.69 bits per heavy atom. The molecule has 0 amide bonds. The third-order valence-corrected chi connectivity index (χ3v) is 6.22. The van der Waals surface area contributed by atoms with Gasteiger partial charge in [-0.05, 0) is 42.5 Å². The molecule has 0 saturated carbocycles. The number of anilines is 1. The molecule has 1 aliphatic heterocycles. The second-order valence-electron chi connectivity index (χ2n) is 8.18. The van der Waals surface area contributed by atoms with Crippen molar-refractivity contribution in [2.24, 2.45) is 0 Å². The third kappa shape index (κ3) is 4.92. The van der Waals surface area contributed by atoms with Gasteiger partial charge in [-0.15, -0.1) is 0 Å². The molecular formula is C24H33N2O3+. The van der Waals surface area contributed by atoms with Crippen LogP contribution in [0.4, 0.5) is 5.69 Å². The summed E-state index contributed by atoms with van der Waals surface area (Å²) < 4.78 is 11.6. The molecule has 0 radical (unpaired) electrons. The molecule has 29 heavy (non-hydrogen) atoms. The van der Waals surface area contributed by atoms with E-state index in [1.54, 1.807) is 7.11 Å². The number of quaternary nitrogens is 1. The number of piperazine rings is 1. The number of nitrogens with one attached hydrogen (secondary N) is 1. The maximum absolute atomic E-state index is 10.6. The molecule has 1 heterocycles. The maximum Gasteiger partial charge on any atom is 0.142 e. The number of aliphatic hydroxyl groups is 1. The van der Waals surface area contributed by atoms with E-state index in [1.165, 1.54) is 16.0 Å². The molecule has 1 saturated heterocycles. The summed E-state index contributed by atoms with van der Waals surface area (Å²) in [6.07, 6.45) is 3.06. The summed E-state index contributed by atoms with van der Waals surface area (Å²) in [6, 6.07) is 16.8. The van der Waals surface area contributed by atoms with Crippen LogP contribution in [-0.2, 0) is 11.2 Å². The standard InChI is InChI=1S/C24H32N2O3/c1-28-24-11-5-4-10-22(24)26-15-13-25(14-16-26)17-20(27)18-29-23-12-6-8-19-7-2-3-9-21(19)23/h2-5,7,9-11,20,23,27H,6,8,12-18H2,1H3/p+1/t20-,23+/m0/s1. The van der Waals surface area contributed by atoms with Gasteiger partial charge in [0.25, 0.3) is 0 Å². The number of ether oxygens (including phenoxy) is 2. The number of para-hydroxylation sites is 2. The quantitative estimate of drug-likeness (QED) is 0.749. The van der Waals surface area contributed by atoms with Crippen LogP contribution >= 0.6 is 0 Å². The molecule has 2 aromatic rings. The van der Waals surface area contributed by atoms with Gasteiger partial charge in [0.05, 0.1) is 51.7 Å². The van der Waals surface area contributed by atoms with Crippen molar-refractivity contribution in [2.45, 2.75) is 31.5 Å². The average molecular weight is 398 g/mol. The van der Waals surface area contributed by atoms with Gasteiger partial charge in [0.1, 0.15) is 18.4 Å². The Bertz CT molecular complexity index is 789. The predicted molar refractivity (Wildman–Crippen MR) is 115 cm³/mol. The van der Waals surface area contributed by atoms with Crippen LogP contribution < -0.4 is 14.5 Å². The molecule has 2 N–H and O–H groups in total. The average Bonchev–Trinajstić information content (AvgIpc) is 2.78. The van der Waals surface area contributed by atoms with E-state index in [0.717, 1.165) is 63.4 Å². The van der Waals surface area contributed by atoms with E-state index in [9.17, 15) is 5.11 Å². The number of hydrogen-bond acceptors (Lipinski definition) is 4. The van der Waals surface area contributed by atoms with E-state index < -0.39 is 6.10 Å². The van der Waals surface area contributed by atoms with Gasteiger partial charge in [0.2, 0.25) is 0 Å². The summed E-state index contributed by atoms with van der Waals surface area (Å²) >= 11 is 0. The minimum atomic E-state index is -0.420. The summed E-state index contributed by atoms with van der Waals surface area (Å²) in [4.78, 5) is 3.82. The molecule has 2 aliphatic rings. The van der Waals surface area contributed by atoms with Gasteiger partial charge in [0, 0.05) is 0 Å². The highest BCUT2D eigenvalue weighted by molar-refractivity contribution is 5.58. The van der Waals surface area contributed by atoms with Crippen LogP contribution in [0.5, 0.6) is 5.75 Å². The first-order chi connectivity index (χ1) is 14.2. The summed E-state index contributed by atoms with van der Waals surface area (Å²) in [5.41, 5.74) is 3.87. The van der Waals surface area contributed by atoms with Gasteiger partial charge in [0.15, 0.2) is 0 Å². The second kappa shape index (κ2) is 9.61. The van der Waals surface area contributed by atoms with Crippen LogP contribution in [0.25, 0.3) is 0 Å². The fourth-order valence-corrected chi connectivity index (χ4v) is 4.66. The van der Waals surface area contributed by atoms with Crippen molar-refractivity contribution in [3.05, 3.63) is 59.7 Å². The molecular weight excluding hydrogens is 364 g/mol. The molecule has 1 aliphatic carbocycles. The van der Waals surface area contributed by atoms with E-state index in [0.29, 0.717) is 6.61 Å². The number of fused-ring (bicyclic) bond motifs is 1. The Labute approximate surface area is 173 Å². The van der Waals surface area contributed by atoms with Crippen LogP contribution in [0.1, 0.15) is 30.1 Å². The summed E-state index contributed by atoms with van der Waals surface area (Å²) in [5, 5.41) is 10.6. The van der Waals surface area contributed by atoms with Crippen molar-refractivity contribution >= 4 is 5.69 Å². The number of methoxy groups -OCH3 is 1. The van der Waals surface area contributed by atoms with Crippen LogP contribution in [0.15, 0.2) is 48.5 Å². The van der Waals surface area contributed by atoms with E-state index in [2.05, 4.69) is 41.3 Å². The van der Waals surface area contributed by atoms with Crippen LogP contribution in [0.3, 0.4) is 0 Å². The minimum Gasteiger partial charge on any atom is -0.495 e. The number of hydrogen-bond donors (Lipinski definition) is 2. The minimum absolute atomic E-state index is 0.131. The number of aliphatic hydroxyl groups excluding tert-OH is 1. The molecule has 0 unspecified atom stereocenters. The molecule has 4 rings (SSSR count). The van der Waals surface area contributed by atoms with Crippen molar-refractivity contribution in [1.29, 1.82) is 0 Å². The first-order valence-corrected chi connectivity index (χ1v) is 10.8. The smallest absolute Gasteiger partial charge is 0.142 e.